The molecule has 1 aromatic heterocycles. The second-order valence-electron chi connectivity index (χ2n) is 6.47. The lowest BCUT2D eigenvalue weighted by atomic mass is 9.94. The molecule has 4 nitrogen and oxygen atoms in total. The molecule has 1 aliphatic carbocycles. The Labute approximate surface area is 141 Å². The Morgan fingerprint density at radius 1 is 1.00 bits per heavy atom. The van der Waals surface area contributed by atoms with E-state index in [0.29, 0.717) is 18.3 Å². The van der Waals surface area contributed by atoms with Crippen LogP contribution in [0, 0.1) is 0 Å². The zero-order valence-corrected chi connectivity index (χ0v) is 14.8. The summed E-state index contributed by atoms with van der Waals surface area (Å²) in [5, 5.41) is 0. The van der Waals surface area contributed by atoms with Crippen LogP contribution in [-0.2, 0) is 4.74 Å². The summed E-state index contributed by atoms with van der Waals surface area (Å²) in [7, 11) is 2.19. The fraction of sp³-hybridized carbons (Fsp3) is 0.706. The maximum atomic E-state index is 6.29. The van der Waals surface area contributed by atoms with Crippen molar-refractivity contribution in [1.29, 1.82) is 0 Å². The van der Waals surface area contributed by atoms with Crippen molar-refractivity contribution in [2.75, 3.05) is 20.1 Å². The summed E-state index contributed by atoms with van der Waals surface area (Å²) in [5.41, 5.74) is 0. The van der Waals surface area contributed by atoms with Gasteiger partial charge in [0.2, 0.25) is 0 Å². The number of ether oxygens (including phenoxy) is 2. The third-order valence-corrected chi connectivity index (χ3v) is 5.14. The molecule has 0 atom stereocenters. The summed E-state index contributed by atoms with van der Waals surface area (Å²) in [6.45, 7) is 2.33. The monoisotopic (exact) mass is 368 g/mol. The van der Waals surface area contributed by atoms with Crippen LogP contribution in [0.25, 0.3) is 0 Å². The van der Waals surface area contributed by atoms with Crippen molar-refractivity contribution >= 4 is 15.9 Å². The van der Waals surface area contributed by atoms with Crippen molar-refractivity contribution in [1.82, 2.24) is 9.88 Å². The van der Waals surface area contributed by atoms with Crippen LogP contribution in [0.3, 0.4) is 0 Å². The van der Waals surface area contributed by atoms with Crippen LogP contribution in [0.5, 0.6) is 5.75 Å². The van der Waals surface area contributed by atoms with Gasteiger partial charge in [-0.25, -0.2) is 4.98 Å². The summed E-state index contributed by atoms with van der Waals surface area (Å²) in [4.78, 5) is 6.59. The fourth-order valence-electron chi connectivity index (χ4n) is 3.30. The van der Waals surface area contributed by atoms with Gasteiger partial charge in [-0.15, -0.1) is 0 Å². The molecule has 22 heavy (non-hydrogen) atoms. The largest absolute Gasteiger partial charge is 0.489 e. The van der Waals surface area contributed by atoms with Crippen LogP contribution < -0.4 is 4.74 Å². The minimum Gasteiger partial charge on any atom is -0.489 e. The number of rotatable bonds is 4. The summed E-state index contributed by atoms with van der Waals surface area (Å²) < 4.78 is 13.2. The van der Waals surface area contributed by atoms with Gasteiger partial charge in [-0.05, 0) is 73.6 Å². The van der Waals surface area contributed by atoms with E-state index in [1.807, 2.05) is 12.1 Å². The van der Waals surface area contributed by atoms with Crippen LogP contribution in [0.1, 0.15) is 38.5 Å². The molecule has 0 N–H and O–H groups in total. The summed E-state index contributed by atoms with van der Waals surface area (Å²) in [6.07, 6.45) is 9.72. The molecular formula is C17H25BrN2O2. The number of likely N-dealkylation sites (tertiary alicyclic amines) is 1. The molecule has 0 aromatic carbocycles. The molecule has 2 fully saturated rings. The minimum absolute atomic E-state index is 0.306. The molecule has 0 amide bonds. The van der Waals surface area contributed by atoms with Gasteiger partial charge in [-0.2, -0.15) is 0 Å². The molecule has 0 bridgehead atoms. The zero-order valence-electron chi connectivity index (χ0n) is 13.2. The first-order chi connectivity index (χ1) is 10.7. The van der Waals surface area contributed by atoms with E-state index in [2.05, 4.69) is 32.9 Å². The quantitative estimate of drug-likeness (QED) is 0.759. The van der Waals surface area contributed by atoms with Crippen molar-refractivity contribution in [3.8, 4) is 5.75 Å². The van der Waals surface area contributed by atoms with Gasteiger partial charge in [0.25, 0.3) is 0 Å². The lowest BCUT2D eigenvalue weighted by molar-refractivity contribution is -0.0643. The van der Waals surface area contributed by atoms with E-state index in [1.54, 1.807) is 6.20 Å². The number of pyridine rings is 1. The molecule has 1 saturated carbocycles. The Balaban J connectivity index is 1.39. The SMILES string of the molecule is CN1CCC(OC2CCC(Oc3ccc(Br)nc3)CC2)CC1. The molecule has 5 heteroatoms. The first kappa shape index (κ1) is 16.2. The molecule has 0 unspecified atom stereocenters. The van der Waals surface area contributed by atoms with Crippen LogP contribution in [-0.4, -0.2) is 48.3 Å². The van der Waals surface area contributed by atoms with Crippen molar-refractivity contribution in [2.24, 2.45) is 0 Å². The van der Waals surface area contributed by atoms with E-state index in [0.717, 1.165) is 36.0 Å². The van der Waals surface area contributed by atoms with Gasteiger partial charge in [-0.3, -0.25) is 0 Å². The van der Waals surface area contributed by atoms with E-state index in [1.165, 1.54) is 25.9 Å². The number of hydrogen-bond donors (Lipinski definition) is 0. The number of nitrogens with zero attached hydrogens (tertiary/aromatic N) is 2. The molecule has 2 heterocycles. The van der Waals surface area contributed by atoms with Crippen molar-refractivity contribution in [3.05, 3.63) is 22.9 Å². The van der Waals surface area contributed by atoms with Gasteiger partial charge < -0.3 is 14.4 Å². The molecular weight excluding hydrogens is 344 g/mol. The molecule has 0 spiro atoms. The molecule has 1 saturated heterocycles. The first-order valence-electron chi connectivity index (χ1n) is 8.31. The second-order valence-corrected chi connectivity index (χ2v) is 7.28. The summed E-state index contributed by atoms with van der Waals surface area (Å²) >= 11 is 3.34. The van der Waals surface area contributed by atoms with Crippen molar-refractivity contribution in [3.63, 3.8) is 0 Å². The Bertz CT molecular complexity index is 452. The van der Waals surface area contributed by atoms with Crippen molar-refractivity contribution in [2.45, 2.75) is 56.8 Å². The Morgan fingerprint density at radius 2 is 1.64 bits per heavy atom. The average Bonchev–Trinajstić information content (AvgIpc) is 2.54. The molecule has 0 radical (unpaired) electrons. The Kier molecular flexibility index (Phi) is 5.71. The highest BCUT2D eigenvalue weighted by Crippen LogP contribution is 2.27. The highest BCUT2D eigenvalue weighted by atomic mass is 79.9. The lowest BCUT2D eigenvalue weighted by Gasteiger charge is -2.35. The van der Waals surface area contributed by atoms with E-state index >= 15 is 0 Å². The maximum absolute atomic E-state index is 6.29. The van der Waals surface area contributed by atoms with Gasteiger partial charge in [0.15, 0.2) is 0 Å². The molecule has 2 aliphatic rings. The van der Waals surface area contributed by atoms with Crippen molar-refractivity contribution < 1.29 is 9.47 Å². The molecule has 1 aliphatic heterocycles. The minimum atomic E-state index is 0.306. The molecule has 1 aromatic rings. The predicted octanol–water partition coefficient (Wildman–Crippen LogP) is 3.64. The van der Waals surface area contributed by atoms with E-state index in [9.17, 15) is 0 Å². The van der Waals surface area contributed by atoms with E-state index in [-0.39, 0.29) is 0 Å². The van der Waals surface area contributed by atoms with Gasteiger partial charge >= 0.3 is 0 Å². The van der Waals surface area contributed by atoms with Crippen LogP contribution in [0.2, 0.25) is 0 Å². The van der Waals surface area contributed by atoms with Gasteiger partial charge in [-0.1, -0.05) is 0 Å². The Morgan fingerprint density at radius 3 is 2.27 bits per heavy atom. The standard InChI is InChI=1S/C17H25BrN2O2/c1-20-10-8-15(9-11-20)21-13-2-4-14(5-3-13)22-16-6-7-17(18)19-12-16/h6-7,12-15H,2-5,8-11H2,1H3. The number of piperidine rings is 1. The highest BCUT2D eigenvalue weighted by Gasteiger charge is 2.26. The second kappa shape index (κ2) is 7.75. The average molecular weight is 369 g/mol. The molecule has 122 valence electrons. The lowest BCUT2D eigenvalue weighted by Crippen LogP contribution is -2.37. The highest BCUT2D eigenvalue weighted by molar-refractivity contribution is 9.10. The van der Waals surface area contributed by atoms with Gasteiger partial charge in [0.05, 0.1) is 24.5 Å². The van der Waals surface area contributed by atoms with Gasteiger partial charge in [0.1, 0.15) is 10.4 Å². The number of hydrogen-bond acceptors (Lipinski definition) is 4. The van der Waals surface area contributed by atoms with Crippen LogP contribution in [0.4, 0.5) is 0 Å². The third-order valence-electron chi connectivity index (χ3n) is 4.67. The number of halogens is 1. The third kappa shape index (κ3) is 4.67. The maximum Gasteiger partial charge on any atom is 0.138 e. The van der Waals surface area contributed by atoms with Crippen LogP contribution >= 0.6 is 15.9 Å². The summed E-state index contributed by atoms with van der Waals surface area (Å²) in [6, 6.07) is 3.89. The predicted molar refractivity (Wildman–Crippen MR) is 90.2 cm³/mol. The van der Waals surface area contributed by atoms with Gasteiger partial charge in [0, 0.05) is 13.1 Å². The van der Waals surface area contributed by atoms with E-state index < -0.39 is 0 Å². The number of aromatic nitrogens is 1. The zero-order chi connectivity index (χ0) is 15.4. The first-order valence-corrected chi connectivity index (χ1v) is 9.10. The topological polar surface area (TPSA) is 34.6 Å². The summed E-state index contributed by atoms with van der Waals surface area (Å²) in [5.74, 6) is 0.864. The van der Waals surface area contributed by atoms with Crippen LogP contribution in [0.15, 0.2) is 22.9 Å². The normalized spacial score (nSPS) is 27.7. The van der Waals surface area contributed by atoms with E-state index in [4.69, 9.17) is 9.47 Å². The smallest absolute Gasteiger partial charge is 0.138 e. The molecule has 3 rings (SSSR count). The fourth-order valence-corrected chi connectivity index (χ4v) is 3.54. The Hall–Kier alpha value is -0.650.